The summed E-state index contributed by atoms with van der Waals surface area (Å²) in [6.45, 7) is 1.90. The molecule has 0 unspecified atom stereocenters. The Labute approximate surface area is 170 Å². The van der Waals surface area contributed by atoms with Gasteiger partial charge in [-0.05, 0) is 36.2 Å². The van der Waals surface area contributed by atoms with Crippen LogP contribution in [0.5, 0.6) is 5.75 Å². The number of rotatable bonds is 4. The van der Waals surface area contributed by atoms with Gasteiger partial charge in [-0.2, -0.15) is 0 Å². The van der Waals surface area contributed by atoms with Crippen LogP contribution in [0.25, 0.3) is 11.5 Å². The zero-order chi connectivity index (χ0) is 21.1. The number of hydrogen-bond acceptors (Lipinski definition) is 5. The lowest BCUT2D eigenvalue weighted by Crippen LogP contribution is -2.26. The van der Waals surface area contributed by atoms with Gasteiger partial charge in [-0.25, -0.2) is 4.98 Å². The maximum atomic E-state index is 12.6. The largest absolute Gasteiger partial charge is 0.573 e. The Balaban J connectivity index is 1.45. The first-order valence-corrected chi connectivity index (χ1v) is 9.48. The van der Waals surface area contributed by atoms with Crippen LogP contribution in [-0.2, 0) is 19.4 Å². The monoisotopic (exact) mass is 416 g/mol. The molecule has 0 radical (unpaired) electrons. The van der Waals surface area contributed by atoms with Gasteiger partial charge in [0.05, 0.1) is 5.69 Å². The van der Waals surface area contributed by atoms with Gasteiger partial charge >= 0.3 is 6.36 Å². The summed E-state index contributed by atoms with van der Waals surface area (Å²) in [5.74, 6) is 0.209. The number of aromatic nitrogens is 3. The van der Waals surface area contributed by atoms with Crippen molar-refractivity contribution in [2.45, 2.75) is 25.7 Å². The van der Waals surface area contributed by atoms with E-state index in [1.165, 1.54) is 12.1 Å². The second-order valence-corrected chi connectivity index (χ2v) is 7.02. The maximum Gasteiger partial charge on any atom is 0.573 e. The van der Waals surface area contributed by atoms with Crippen LogP contribution in [0.2, 0.25) is 0 Å². The molecule has 0 saturated carbocycles. The predicted octanol–water partition coefficient (Wildman–Crippen LogP) is 3.33. The molecule has 1 N–H and O–H groups in total. The van der Waals surface area contributed by atoms with Gasteiger partial charge in [0.1, 0.15) is 11.4 Å². The first-order chi connectivity index (χ1) is 14.4. The average Bonchev–Trinajstić information content (AvgIpc) is 2.92. The molecule has 9 heteroatoms. The molecule has 0 fully saturated rings. The van der Waals surface area contributed by atoms with E-state index in [1.807, 2.05) is 6.07 Å². The molecule has 6 nitrogen and oxygen atoms in total. The van der Waals surface area contributed by atoms with Crippen LogP contribution in [0.15, 0.2) is 53.5 Å². The van der Waals surface area contributed by atoms with Crippen LogP contribution < -0.4 is 10.3 Å². The summed E-state index contributed by atoms with van der Waals surface area (Å²) in [5, 5.41) is 0. The van der Waals surface area contributed by atoms with Crippen LogP contribution in [0.4, 0.5) is 13.2 Å². The Morgan fingerprint density at radius 3 is 2.53 bits per heavy atom. The molecule has 0 amide bonds. The summed E-state index contributed by atoms with van der Waals surface area (Å²) in [6, 6.07) is 11.3. The lowest BCUT2D eigenvalue weighted by molar-refractivity contribution is -0.274. The standard InChI is InChI=1S/C21H19F3N4O2/c22-21(23,24)30-15-6-4-14(5-7-15)13-28-11-8-16-17(9-12-28)26-19(27-20(16)29)18-3-1-2-10-25-18/h1-7,10H,8-9,11-13H2,(H,26,27,29). The fourth-order valence-electron chi connectivity index (χ4n) is 3.49. The highest BCUT2D eigenvalue weighted by atomic mass is 19.4. The number of ether oxygens (including phenoxy) is 1. The molecular formula is C21H19F3N4O2. The van der Waals surface area contributed by atoms with Crippen LogP contribution in [0, 0.1) is 0 Å². The number of aromatic amines is 1. The minimum atomic E-state index is -4.70. The smallest absolute Gasteiger partial charge is 0.406 e. The summed E-state index contributed by atoms with van der Waals surface area (Å²) in [4.78, 5) is 26.4. The second-order valence-electron chi connectivity index (χ2n) is 7.02. The van der Waals surface area contributed by atoms with E-state index in [0.29, 0.717) is 49.6 Å². The maximum absolute atomic E-state index is 12.6. The minimum Gasteiger partial charge on any atom is -0.406 e. The average molecular weight is 416 g/mol. The van der Waals surface area contributed by atoms with Crippen LogP contribution in [-0.4, -0.2) is 39.3 Å². The Morgan fingerprint density at radius 1 is 1.07 bits per heavy atom. The van der Waals surface area contributed by atoms with E-state index in [9.17, 15) is 18.0 Å². The van der Waals surface area contributed by atoms with Crippen molar-refractivity contribution >= 4 is 0 Å². The van der Waals surface area contributed by atoms with Crippen molar-refractivity contribution in [3.8, 4) is 17.3 Å². The molecule has 1 aliphatic heterocycles. The Bertz CT molecular complexity index is 1070. The fraction of sp³-hybridized carbons (Fsp3) is 0.286. The second kappa shape index (κ2) is 8.27. The van der Waals surface area contributed by atoms with Crippen LogP contribution in [0.3, 0.4) is 0 Å². The summed E-state index contributed by atoms with van der Waals surface area (Å²) in [6.07, 6.45) is -1.90. The van der Waals surface area contributed by atoms with Crippen molar-refractivity contribution in [1.29, 1.82) is 0 Å². The fourth-order valence-corrected chi connectivity index (χ4v) is 3.49. The van der Waals surface area contributed by atoms with Gasteiger partial charge in [-0.3, -0.25) is 14.7 Å². The van der Waals surface area contributed by atoms with Crippen molar-refractivity contribution in [3.05, 3.63) is 75.8 Å². The molecule has 156 valence electrons. The van der Waals surface area contributed by atoms with E-state index in [2.05, 4.69) is 24.6 Å². The van der Waals surface area contributed by atoms with Crippen molar-refractivity contribution in [2.75, 3.05) is 13.1 Å². The van der Waals surface area contributed by atoms with Crippen molar-refractivity contribution < 1.29 is 17.9 Å². The quantitative estimate of drug-likeness (QED) is 0.707. The van der Waals surface area contributed by atoms with Crippen LogP contribution in [0.1, 0.15) is 16.8 Å². The Hall–Kier alpha value is -3.20. The number of fused-ring (bicyclic) bond motifs is 1. The van der Waals surface area contributed by atoms with Gasteiger partial charge in [-0.15, -0.1) is 13.2 Å². The van der Waals surface area contributed by atoms with Crippen molar-refractivity contribution in [3.63, 3.8) is 0 Å². The van der Waals surface area contributed by atoms with Gasteiger partial charge in [0.2, 0.25) is 0 Å². The Kier molecular flexibility index (Phi) is 5.54. The highest BCUT2D eigenvalue weighted by molar-refractivity contribution is 5.49. The zero-order valence-corrected chi connectivity index (χ0v) is 15.9. The summed E-state index contributed by atoms with van der Waals surface area (Å²) in [5.41, 5.74) is 2.75. The number of pyridine rings is 1. The molecule has 0 spiro atoms. The van der Waals surface area contributed by atoms with Crippen LogP contribution >= 0.6 is 0 Å². The molecule has 2 aromatic heterocycles. The van der Waals surface area contributed by atoms with E-state index in [-0.39, 0.29) is 11.3 Å². The predicted molar refractivity (Wildman–Crippen MR) is 104 cm³/mol. The number of nitrogens with one attached hydrogen (secondary N) is 1. The first kappa shape index (κ1) is 20.1. The number of hydrogen-bond donors (Lipinski definition) is 1. The molecule has 0 atom stereocenters. The highest BCUT2D eigenvalue weighted by Crippen LogP contribution is 2.23. The topological polar surface area (TPSA) is 71.1 Å². The van der Waals surface area contributed by atoms with Crippen molar-refractivity contribution in [1.82, 2.24) is 19.9 Å². The normalized spacial score (nSPS) is 14.8. The third kappa shape index (κ3) is 4.85. The zero-order valence-electron chi connectivity index (χ0n) is 15.9. The highest BCUT2D eigenvalue weighted by Gasteiger charge is 2.31. The van der Waals surface area contributed by atoms with Gasteiger partial charge in [0.15, 0.2) is 5.82 Å². The van der Waals surface area contributed by atoms with E-state index in [0.717, 1.165) is 11.3 Å². The molecule has 1 aromatic carbocycles. The SMILES string of the molecule is O=c1[nH]c(-c2ccccn2)nc2c1CCN(Cc1ccc(OC(F)(F)F)cc1)CC2. The molecular weight excluding hydrogens is 397 g/mol. The number of nitrogens with zero attached hydrogens (tertiary/aromatic N) is 3. The molecule has 30 heavy (non-hydrogen) atoms. The minimum absolute atomic E-state index is 0.156. The molecule has 0 saturated heterocycles. The van der Waals surface area contributed by atoms with E-state index < -0.39 is 6.36 Å². The van der Waals surface area contributed by atoms with Gasteiger partial charge in [0.25, 0.3) is 5.56 Å². The van der Waals surface area contributed by atoms with E-state index >= 15 is 0 Å². The lowest BCUT2D eigenvalue weighted by Gasteiger charge is -2.19. The number of H-pyrrole nitrogens is 1. The summed E-state index contributed by atoms with van der Waals surface area (Å²) >= 11 is 0. The molecule has 1 aliphatic rings. The number of halogens is 3. The summed E-state index contributed by atoms with van der Waals surface area (Å²) < 4.78 is 40.8. The molecule has 0 aliphatic carbocycles. The number of alkyl halides is 3. The number of benzene rings is 1. The molecule has 4 rings (SSSR count). The van der Waals surface area contributed by atoms with Crippen molar-refractivity contribution in [2.24, 2.45) is 0 Å². The van der Waals surface area contributed by atoms with Gasteiger partial charge < -0.3 is 9.72 Å². The third-order valence-electron chi connectivity index (χ3n) is 4.91. The molecule has 0 bridgehead atoms. The first-order valence-electron chi connectivity index (χ1n) is 9.48. The van der Waals surface area contributed by atoms with Gasteiger partial charge in [0, 0.05) is 37.8 Å². The molecule has 3 heterocycles. The van der Waals surface area contributed by atoms with E-state index in [4.69, 9.17) is 0 Å². The summed E-state index contributed by atoms with van der Waals surface area (Å²) in [7, 11) is 0. The Morgan fingerprint density at radius 2 is 1.83 bits per heavy atom. The van der Waals surface area contributed by atoms with E-state index in [1.54, 1.807) is 30.5 Å². The third-order valence-corrected chi connectivity index (χ3v) is 4.91. The lowest BCUT2D eigenvalue weighted by atomic mass is 10.1. The molecule has 3 aromatic rings. The van der Waals surface area contributed by atoms with Gasteiger partial charge in [-0.1, -0.05) is 18.2 Å².